The molecule has 2 fully saturated rings. The third kappa shape index (κ3) is 3.20. The molecule has 24 heavy (non-hydrogen) atoms. The average molecular weight is 348 g/mol. The highest BCUT2D eigenvalue weighted by Gasteiger charge is 2.58. The Morgan fingerprint density at radius 1 is 1.46 bits per heavy atom. The molecule has 1 saturated carbocycles. The van der Waals surface area contributed by atoms with Gasteiger partial charge in [-0.15, -0.1) is 0 Å². The number of amides is 2. The van der Waals surface area contributed by atoms with E-state index in [0.29, 0.717) is 25.7 Å². The van der Waals surface area contributed by atoms with Crippen LogP contribution in [0.1, 0.15) is 31.7 Å². The van der Waals surface area contributed by atoms with E-state index in [0.717, 1.165) is 19.3 Å². The second-order valence-electron chi connectivity index (χ2n) is 6.78. The Morgan fingerprint density at radius 2 is 2.17 bits per heavy atom. The second kappa shape index (κ2) is 6.59. The number of hydrogen-bond acceptors (Lipinski definition) is 4. The van der Waals surface area contributed by atoms with Gasteiger partial charge in [-0.2, -0.15) is 11.3 Å². The molecule has 1 spiro atoms. The molecule has 2 heterocycles. The van der Waals surface area contributed by atoms with E-state index in [2.05, 4.69) is 18.0 Å². The topological polar surface area (TPSA) is 49.9 Å². The van der Waals surface area contributed by atoms with E-state index in [-0.39, 0.29) is 23.0 Å². The zero-order valence-corrected chi connectivity index (χ0v) is 15.1. The molecule has 130 valence electrons. The predicted molar refractivity (Wildman–Crippen MR) is 93.3 cm³/mol. The highest BCUT2D eigenvalue weighted by molar-refractivity contribution is 7.07. The fraction of sp³-hybridized carbons (Fsp3) is 0.556. The molecule has 1 unspecified atom stereocenters. The van der Waals surface area contributed by atoms with Crippen LogP contribution in [0.2, 0.25) is 0 Å². The summed E-state index contributed by atoms with van der Waals surface area (Å²) in [5, 5.41) is 4.14. The molecule has 1 aliphatic heterocycles. The number of ether oxygens (including phenoxy) is 1. The van der Waals surface area contributed by atoms with Crippen LogP contribution in [0.25, 0.3) is 0 Å². The first kappa shape index (κ1) is 17.0. The quantitative estimate of drug-likeness (QED) is 0.607. The van der Waals surface area contributed by atoms with Crippen molar-refractivity contribution >= 4 is 23.2 Å². The van der Waals surface area contributed by atoms with Crippen molar-refractivity contribution in [1.29, 1.82) is 0 Å². The number of rotatable bonds is 5. The minimum absolute atomic E-state index is 0.119. The Kier molecular flexibility index (Phi) is 4.67. The smallest absolute Gasteiger partial charge is 0.288 e. The molecule has 0 radical (unpaired) electrons. The molecule has 0 bridgehead atoms. The van der Waals surface area contributed by atoms with Gasteiger partial charge in [0.1, 0.15) is 0 Å². The Bertz CT molecular complexity index is 633. The highest BCUT2D eigenvalue weighted by atomic mass is 32.1. The fourth-order valence-corrected chi connectivity index (χ4v) is 4.40. The number of methoxy groups -OCH3 is 1. The monoisotopic (exact) mass is 348 g/mol. The van der Waals surface area contributed by atoms with Crippen molar-refractivity contribution in [2.45, 2.75) is 38.8 Å². The van der Waals surface area contributed by atoms with E-state index in [1.54, 1.807) is 18.3 Å². The third-order valence-electron chi connectivity index (χ3n) is 5.39. The minimum atomic E-state index is -0.119. The van der Waals surface area contributed by atoms with Crippen LogP contribution in [0, 0.1) is 5.41 Å². The van der Waals surface area contributed by atoms with E-state index < -0.39 is 0 Å². The predicted octanol–water partition coefficient (Wildman–Crippen LogP) is 2.64. The van der Waals surface area contributed by atoms with Gasteiger partial charge in [0.15, 0.2) is 5.76 Å². The van der Waals surface area contributed by atoms with Gasteiger partial charge in [0.2, 0.25) is 5.91 Å². The molecule has 6 heteroatoms. The summed E-state index contributed by atoms with van der Waals surface area (Å²) in [6.07, 6.45) is 2.92. The van der Waals surface area contributed by atoms with Crippen molar-refractivity contribution < 1.29 is 14.3 Å². The molecule has 2 amide bonds. The van der Waals surface area contributed by atoms with Crippen LogP contribution in [0.5, 0.6) is 0 Å². The van der Waals surface area contributed by atoms with Crippen LogP contribution in [0.15, 0.2) is 29.2 Å². The van der Waals surface area contributed by atoms with Crippen LogP contribution in [-0.4, -0.2) is 47.9 Å². The Hall–Kier alpha value is -1.82. The molecular weight excluding hydrogens is 324 g/mol. The molecule has 1 aromatic rings. The lowest BCUT2D eigenvalue weighted by Crippen LogP contribution is -2.43. The number of likely N-dealkylation sites (tertiary alicyclic amines) is 1. The third-order valence-corrected chi connectivity index (χ3v) is 6.12. The number of nitrogens with zero attached hydrogens (tertiary/aromatic N) is 2. The Morgan fingerprint density at radius 3 is 2.71 bits per heavy atom. The average Bonchev–Trinajstić information content (AvgIpc) is 3.01. The molecule has 1 saturated heterocycles. The molecule has 0 N–H and O–H groups in total. The van der Waals surface area contributed by atoms with Gasteiger partial charge in [-0.25, -0.2) is 0 Å². The molecule has 0 aromatic carbocycles. The normalized spacial score (nSPS) is 21.4. The lowest BCUT2D eigenvalue weighted by atomic mass is 9.92. The summed E-state index contributed by atoms with van der Waals surface area (Å²) in [4.78, 5) is 28.1. The van der Waals surface area contributed by atoms with Gasteiger partial charge in [0, 0.05) is 32.6 Å². The zero-order chi connectivity index (χ0) is 17.3. The molecule has 5 nitrogen and oxygen atoms in total. The SMILES string of the molecule is C=C(OC)C(=O)N1CCC2(CC1)CC2N(Cc1ccsc1)C(C)=O. The summed E-state index contributed by atoms with van der Waals surface area (Å²) >= 11 is 1.66. The lowest BCUT2D eigenvalue weighted by molar-refractivity contribution is -0.133. The van der Waals surface area contributed by atoms with Gasteiger partial charge in [0.25, 0.3) is 5.91 Å². The number of carbonyl (C=O) groups is 2. The van der Waals surface area contributed by atoms with Gasteiger partial charge in [-0.05, 0) is 47.1 Å². The van der Waals surface area contributed by atoms with Crippen LogP contribution < -0.4 is 0 Å². The first-order valence-corrected chi connectivity index (χ1v) is 9.21. The van der Waals surface area contributed by atoms with Gasteiger partial charge in [0.05, 0.1) is 7.11 Å². The maximum atomic E-state index is 12.1. The van der Waals surface area contributed by atoms with Crippen molar-refractivity contribution in [2.75, 3.05) is 20.2 Å². The number of thiophene rings is 1. The molecule has 1 aliphatic carbocycles. The van der Waals surface area contributed by atoms with E-state index in [1.807, 2.05) is 15.2 Å². The van der Waals surface area contributed by atoms with Crippen LogP contribution >= 0.6 is 11.3 Å². The molecule has 1 atom stereocenters. The first-order valence-electron chi connectivity index (χ1n) is 8.27. The van der Waals surface area contributed by atoms with E-state index in [9.17, 15) is 9.59 Å². The van der Waals surface area contributed by atoms with Crippen LogP contribution in [0.4, 0.5) is 0 Å². The van der Waals surface area contributed by atoms with E-state index in [1.165, 1.54) is 12.7 Å². The van der Waals surface area contributed by atoms with Crippen molar-refractivity contribution in [3.8, 4) is 0 Å². The van der Waals surface area contributed by atoms with E-state index >= 15 is 0 Å². The highest BCUT2D eigenvalue weighted by Crippen LogP contribution is 2.57. The minimum Gasteiger partial charge on any atom is -0.492 e. The van der Waals surface area contributed by atoms with Crippen molar-refractivity contribution in [1.82, 2.24) is 9.80 Å². The van der Waals surface area contributed by atoms with Gasteiger partial charge in [-0.1, -0.05) is 6.58 Å². The number of piperidine rings is 1. The first-order chi connectivity index (χ1) is 11.5. The summed E-state index contributed by atoms with van der Waals surface area (Å²) in [6, 6.07) is 2.38. The lowest BCUT2D eigenvalue weighted by Gasteiger charge is -2.34. The van der Waals surface area contributed by atoms with Crippen LogP contribution in [0.3, 0.4) is 0 Å². The maximum absolute atomic E-state index is 12.1. The largest absolute Gasteiger partial charge is 0.492 e. The standard InChI is InChI=1S/C18H24N2O3S/c1-13(23-3)17(22)19-7-5-18(6-8-19)10-16(18)20(14(2)21)11-15-4-9-24-12-15/h4,9,12,16H,1,5-8,10-11H2,2-3H3. The Balaban J connectivity index is 1.60. The second-order valence-corrected chi connectivity index (χ2v) is 7.56. The molecule has 1 aromatic heterocycles. The molecule has 3 rings (SSSR count). The summed E-state index contributed by atoms with van der Waals surface area (Å²) in [5.74, 6) is 0.210. The number of carbonyl (C=O) groups excluding carboxylic acids is 2. The molecular formula is C18H24N2O3S. The summed E-state index contributed by atoms with van der Waals surface area (Å²) < 4.78 is 4.94. The maximum Gasteiger partial charge on any atom is 0.288 e. The summed E-state index contributed by atoms with van der Waals surface area (Å²) in [7, 11) is 1.47. The van der Waals surface area contributed by atoms with Gasteiger partial charge in [-0.3, -0.25) is 9.59 Å². The summed E-state index contributed by atoms with van der Waals surface area (Å²) in [5.41, 5.74) is 1.38. The van der Waals surface area contributed by atoms with Crippen molar-refractivity contribution in [3.63, 3.8) is 0 Å². The van der Waals surface area contributed by atoms with Crippen molar-refractivity contribution in [2.24, 2.45) is 5.41 Å². The summed E-state index contributed by atoms with van der Waals surface area (Å²) in [6.45, 7) is 7.40. The van der Waals surface area contributed by atoms with Gasteiger partial charge >= 0.3 is 0 Å². The van der Waals surface area contributed by atoms with Gasteiger partial charge < -0.3 is 14.5 Å². The number of hydrogen-bond donors (Lipinski definition) is 0. The fourth-order valence-electron chi connectivity index (χ4n) is 3.74. The van der Waals surface area contributed by atoms with Crippen LogP contribution in [-0.2, 0) is 20.9 Å². The van der Waals surface area contributed by atoms with Crippen molar-refractivity contribution in [3.05, 3.63) is 34.7 Å². The molecule has 2 aliphatic rings. The van der Waals surface area contributed by atoms with E-state index in [4.69, 9.17) is 4.74 Å². The zero-order valence-electron chi connectivity index (χ0n) is 14.3. The Labute approximate surface area is 146 Å².